The van der Waals surface area contributed by atoms with Gasteiger partial charge in [0.05, 0.1) is 6.42 Å². The molecule has 0 bridgehead atoms. The molecule has 1 aromatic carbocycles. The molecule has 0 saturated heterocycles. The van der Waals surface area contributed by atoms with Gasteiger partial charge in [-0.3, -0.25) is 4.79 Å². The van der Waals surface area contributed by atoms with E-state index in [9.17, 15) is 4.79 Å². The van der Waals surface area contributed by atoms with E-state index in [1.165, 1.54) is 25.7 Å². The van der Waals surface area contributed by atoms with Crippen LogP contribution in [0.3, 0.4) is 0 Å². The molecule has 0 atom stereocenters. The van der Waals surface area contributed by atoms with Crippen LogP contribution in [0.2, 0.25) is 0 Å². The van der Waals surface area contributed by atoms with Gasteiger partial charge in [0.25, 0.3) is 0 Å². The van der Waals surface area contributed by atoms with Crippen LogP contribution in [-0.4, -0.2) is 12.5 Å². The van der Waals surface area contributed by atoms with Crippen molar-refractivity contribution < 1.29 is 4.79 Å². The second kappa shape index (κ2) is 6.60. The van der Waals surface area contributed by atoms with Crippen LogP contribution in [0.15, 0.2) is 24.3 Å². The van der Waals surface area contributed by atoms with E-state index in [-0.39, 0.29) is 5.91 Å². The summed E-state index contributed by atoms with van der Waals surface area (Å²) in [6, 6.07) is 7.95. The van der Waals surface area contributed by atoms with Gasteiger partial charge in [0.2, 0.25) is 5.91 Å². The minimum atomic E-state index is -0.277. The Morgan fingerprint density at radius 3 is 2.63 bits per heavy atom. The number of carbonyl (C=O) groups excluding carboxylic acids is 1. The molecule has 1 aliphatic carbocycles. The fourth-order valence-corrected chi connectivity index (χ4v) is 2.82. The van der Waals surface area contributed by atoms with Gasteiger partial charge in [0, 0.05) is 12.2 Å². The molecule has 1 fully saturated rings. The Morgan fingerprint density at radius 2 is 1.95 bits per heavy atom. The SMILES string of the molecule is CC1CCC(CNc2ccccc2CC(N)=O)CC1. The topological polar surface area (TPSA) is 55.1 Å². The third-order valence-electron chi connectivity index (χ3n) is 4.10. The fraction of sp³-hybridized carbons (Fsp3) is 0.562. The van der Waals surface area contributed by atoms with Gasteiger partial charge >= 0.3 is 0 Å². The molecule has 1 saturated carbocycles. The number of nitrogens with one attached hydrogen (secondary N) is 1. The molecule has 3 nitrogen and oxygen atoms in total. The highest BCUT2D eigenvalue weighted by molar-refractivity contribution is 5.78. The van der Waals surface area contributed by atoms with Crippen molar-refractivity contribution in [3.63, 3.8) is 0 Å². The molecule has 2 rings (SSSR count). The molecule has 0 heterocycles. The van der Waals surface area contributed by atoms with Gasteiger partial charge < -0.3 is 11.1 Å². The van der Waals surface area contributed by atoms with Crippen LogP contribution in [0.1, 0.15) is 38.2 Å². The van der Waals surface area contributed by atoms with Gasteiger partial charge in [-0.15, -0.1) is 0 Å². The number of rotatable bonds is 5. The Labute approximate surface area is 115 Å². The van der Waals surface area contributed by atoms with Crippen molar-refractivity contribution in [2.45, 2.75) is 39.0 Å². The van der Waals surface area contributed by atoms with Crippen LogP contribution in [0.4, 0.5) is 5.69 Å². The molecule has 0 unspecified atom stereocenters. The molecular weight excluding hydrogens is 236 g/mol. The van der Waals surface area contributed by atoms with Gasteiger partial charge in [0.1, 0.15) is 0 Å². The highest BCUT2D eigenvalue weighted by atomic mass is 16.1. The number of benzene rings is 1. The first-order valence-electron chi connectivity index (χ1n) is 7.25. The third kappa shape index (κ3) is 4.27. The second-order valence-corrected chi connectivity index (χ2v) is 5.81. The van der Waals surface area contributed by atoms with E-state index in [4.69, 9.17) is 5.73 Å². The maximum absolute atomic E-state index is 11.1. The summed E-state index contributed by atoms with van der Waals surface area (Å²) in [6.45, 7) is 3.34. The summed E-state index contributed by atoms with van der Waals surface area (Å²) < 4.78 is 0. The van der Waals surface area contributed by atoms with Crippen molar-refractivity contribution in [2.24, 2.45) is 17.6 Å². The summed E-state index contributed by atoms with van der Waals surface area (Å²) in [4.78, 5) is 11.1. The highest BCUT2D eigenvalue weighted by Crippen LogP contribution is 2.28. The molecule has 1 aliphatic rings. The van der Waals surface area contributed by atoms with Crippen molar-refractivity contribution in [3.8, 4) is 0 Å². The molecule has 3 heteroatoms. The van der Waals surface area contributed by atoms with Crippen LogP contribution in [0.5, 0.6) is 0 Å². The third-order valence-corrected chi connectivity index (χ3v) is 4.10. The molecule has 3 N–H and O–H groups in total. The number of amides is 1. The molecule has 0 aliphatic heterocycles. The molecular formula is C16H24N2O. The molecule has 1 amide bonds. The van der Waals surface area contributed by atoms with Crippen LogP contribution in [0, 0.1) is 11.8 Å². The molecule has 0 spiro atoms. The zero-order valence-corrected chi connectivity index (χ0v) is 11.7. The summed E-state index contributed by atoms with van der Waals surface area (Å²) in [5.41, 5.74) is 7.34. The van der Waals surface area contributed by atoms with Gasteiger partial charge in [-0.1, -0.05) is 38.0 Å². The normalized spacial score (nSPS) is 23.0. The number of carbonyl (C=O) groups is 1. The summed E-state index contributed by atoms with van der Waals surface area (Å²) in [5, 5.41) is 3.50. The molecule has 19 heavy (non-hydrogen) atoms. The van der Waals surface area contributed by atoms with Crippen LogP contribution in [0.25, 0.3) is 0 Å². The molecule has 104 valence electrons. The minimum absolute atomic E-state index is 0.277. The zero-order chi connectivity index (χ0) is 13.7. The summed E-state index contributed by atoms with van der Waals surface area (Å²) in [5.74, 6) is 1.37. The predicted octanol–water partition coefficient (Wildman–Crippen LogP) is 2.95. The average molecular weight is 260 g/mol. The van der Waals surface area contributed by atoms with E-state index < -0.39 is 0 Å². The Kier molecular flexibility index (Phi) is 4.83. The van der Waals surface area contributed by atoms with Crippen LogP contribution >= 0.6 is 0 Å². The monoisotopic (exact) mass is 260 g/mol. The lowest BCUT2D eigenvalue weighted by Crippen LogP contribution is -2.21. The Hall–Kier alpha value is -1.51. The summed E-state index contributed by atoms with van der Waals surface area (Å²) in [7, 11) is 0. The number of anilines is 1. The van der Waals surface area contributed by atoms with Gasteiger partial charge in [-0.2, -0.15) is 0 Å². The van der Waals surface area contributed by atoms with E-state index in [1.807, 2.05) is 24.3 Å². The maximum Gasteiger partial charge on any atom is 0.221 e. The van der Waals surface area contributed by atoms with Crippen LogP contribution in [-0.2, 0) is 11.2 Å². The van der Waals surface area contributed by atoms with Crippen LogP contribution < -0.4 is 11.1 Å². The highest BCUT2D eigenvalue weighted by Gasteiger charge is 2.18. The Bertz CT molecular complexity index is 423. The number of nitrogens with two attached hydrogens (primary N) is 1. The van der Waals surface area contributed by atoms with E-state index >= 15 is 0 Å². The summed E-state index contributed by atoms with van der Waals surface area (Å²) >= 11 is 0. The Balaban J connectivity index is 1.90. The second-order valence-electron chi connectivity index (χ2n) is 5.81. The quantitative estimate of drug-likeness (QED) is 0.855. The smallest absolute Gasteiger partial charge is 0.221 e. The van der Waals surface area contributed by atoms with E-state index in [2.05, 4.69) is 12.2 Å². The lowest BCUT2D eigenvalue weighted by Gasteiger charge is -2.27. The van der Waals surface area contributed by atoms with Crippen molar-refractivity contribution in [1.29, 1.82) is 0 Å². The first-order chi connectivity index (χ1) is 9.15. The molecule has 1 aromatic rings. The van der Waals surface area contributed by atoms with E-state index in [0.717, 1.165) is 29.6 Å². The fourth-order valence-electron chi connectivity index (χ4n) is 2.82. The number of para-hydroxylation sites is 1. The van der Waals surface area contributed by atoms with Crippen molar-refractivity contribution >= 4 is 11.6 Å². The van der Waals surface area contributed by atoms with E-state index in [0.29, 0.717) is 6.42 Å². The van der Waals surface area contributed by atoms with Gasteiger partial charge in [-0.05, 0) is 36.3 Å². The minimum Gasteiger partial charge on any atom is -0.385 e. The van der Waals surface area contributed by atoms with Gasteiger partial charge in [0.15, 0.2) is 0 Å². The van der Waals surface area contributed by atoms with Gasteiger partial charge in [-0.25, -0.2) is 0 Å². The summed E-state index contributed by atoms with van der Waals surface area (Å²) in [6.07, 6.45) is 5.62. The lowest BCUT2D eigenvalue weighted by atomic mass is 9.83. The number of primary amides is 1. The van der Waals surface area contributed by atoms with Crippen molar-refractivity contribution in [2.75, 3.05) is 11.9 Å². The Morgan fingerprint density at radius 1 is 1.26 bits per heavy atom. The first-order valence-corrected chi connectivity index (χ1v) is 7.25. The number of hydrogen-bond donors (Lipinski definition) is 2. The predicted molar refractivity (Wildman–Crippen MR) is 79.0 cm³/mol. The zero-order valence-electron chi connectivity index (χ0n) is 11.7. The molecule has 0 aromatic heterocycles. The average Bonchev–Trinajstić information content (AvgIpc) is 2.39. The van der Waals surface area contributed by atoms with Crippen molar-refractivity contribution in [1.82, 2.24) is 0 Å². The standard InChI is InChI=1S/C16H24N2O/c1-12-6-8-13(9-7-12)11-18-15-5-3-2-4-14(15)10-16(17)19/h2-5,12-13,18H,6-11H2,1H3,(H2,17,19). The lowest BCUT2D eigenvalue weighted by molar-refractivity contribution is -0.117. The molecule has 0 radical (unpaired) electrons. The first kappa shape index (κ1) is 13.9. The largest absolute Gasteiger partial charge is 0.385 e. The van der Waals surface area contributed by atoms with Crippen molar-refractivity contribution in [3.05, 3.63) is 29.8 Å². The number of hydrogen-bond acceptors (Lipinski definition) is 2. The maximum atomic E-state index is 11.1. The van der Waals surface area contributed by atoms with E-state index in [1.54, 1.807) is 0 Å².